The van der Waals surface area contributed by atoms with E-state index in [4.69, 9.17) is 0 Å². The number of aromatic nitrogens is 3. The van der Waals surface area contributed by atoms with Gasteiger partial charge in [-0.3, -0.25) is 9.69 Å². The molecule has 1 saturated heterocycles. The Labute approximate surface area is 187 Å². The van der Waals surface area contributed by atoms with Gasteiger partial charge in [0.05, 0.1) is 12.1 Å². The summed E-state index contributed by atoms with van der Waals surface area (Å²) in [7, 11) is 0. The predicted octanol–water partition coefficient (Wildman–Crippen LogP) is 3.87. The first-order valence-corrected chi connectivity index (χ1v) is 11.2. The second-order valence-corrected chi connectivity index (χ2v) is 8.45. The summed E-state index contributed by atoms with van der Waals surface area (Å²) in [6, 6.07) is 26.6. The van der Waals surface area contributed by atoms with Crippen molar-refractivity contribution in [3.63, 3.8) is 0 Å². The van der Waals surface area contributed by atoms with Gasteiger partial charge >= 0.3 is 0 Å². The van der Waals surface area contributed by atoms with E-state index in [1.165, 1.54) is 11.1 Å². The lowest BCUT2D eigenvalue weighted by molar-refractivity contribution is 0.0909. The third-order valence-corrected chi connectivity index (χ3v) is 6.12. The first-order chi connectivity index (χ1) is 15.7. The number of nitrogens with one attached hydrogen (secondary N) is 1. The number of nitrogens with zero attached hydrogens (tertiary/aromatic N) is 4. The topological polar surface area (TPSA) is 63.1 Å². The fourth-order valence-electron chi connectivity index (χ4n) is 4.33. The number of amides is 1. The Bertz CT molecular complexity index is 1180. The summed E-state index contributed by atoms with van der Waals surface area (Å²) in [6.45, 7) is 3.61. The van der Waals surface area contributed by atoms with Gasteiger partial charge in [-0.15, -0.1) is 5.10 Å². The van der Waals surface area contributed by atoms with Gasteiger partial charge in [-0.1, -0.05) is 65.9 Å². The van der Waals surface area contributed by atoms with Crippen LogP contribution in [-0.2, 0) is 13.1 Å². The number of carbonyl (C=O) groups excluding carboxylic acids is 1. The fourth-order valence-corrected chi connectivity index (χ4v) is 4.33. The number of fused-ring (bicyclic) bond motifs is 1. The van der Waals surface area contributed by atoms with Gasteiger partial charge in [-0.2, -0.15) is 0 Å². The average molecular weight is 426 g/mol. The van der Waals surface area contributed by atoms with Crippen LogP contribution in [0.5, 0.6) is 0 Å². The molecule has 1 amide bonds. The van der Waals surface area contributed by atoms with E-state index in [0.29, 0.717) is 12.1 Å². The quantitative estimate of drug-likeness (QED) is 0.509. The van der Waals surface area contributed by atoms with Crippen molar-refractivity contribution in [1.29, 1.82) is 0 Å². The maximum absolute atomic E-state index is 12.8. The molecule has 6 nitrogen and oxygen atoms in total. The molecule has 1 fully saturated rings. The molecule has 5 rings (SSSR count). The molecule has 1 aliphatic heterocycles. The molecule has 1 aromatic heterocycles. The molecule has 0 saturated carbocycles. The molecule has 6 heteroatoms. The molecule has 32 heavy (non-hydrogen) atoms. The van der Waals surface area contributed by atoms with Gasteiger partial charge in [0.2, 0.25) is 0 Å². The van der Waals surface area contributed by atoms with Crippen LogP contribution in [-0.4, -0.2) is 44.9 Å². The summed E-state index contributed by atoms with van der Waals surface area (Å²) >= 11 is 0. The summed E-state index contributed by atoms with van der Waals surface area (Å²) in [5, 5.41) is 11.8. The number of piperidine rings is 1. The minimum absolute atomic E-state index is 0.0361. The predicted molar refractivity (Wildman–Crippen MR) is 125 cm³/mol. The first kappa shape index (κ1) is 20.4. The molecule has 0 unspecified atom stereocenters. The SMILES string of the molecule is O=C(NC1CCN(Cc2ccccc2)CC1)c1ccc2c(c1)nnn2Cc1ccccc1. The van der Waals surface area contributed by atoms with Crippen molar-refractivity contribution in [3.05, 3.63) is 95.6 Å². The number of likely N-dealkylation sites (tertiary alicyclic amines) is 1. The van der Waals surface area contributed by atoms with Gasteiger partial charge < -0.3 is 5.32 Å². The summed E-state index contributed by atoms with van der Waals surface area (Å²) in [5.41, 5.74) is 4.81. The summed E-state index contributed by atoms with van der Waals surface area (Å²) < 4.78 is 1.87. The molecule has 0 atom stereocenters. The standard InChI is InChI=1S/C26H27N5O/c32-26(27-23-13-15-30(16-14-23)18-20-7-3-1-4-8-20)22-11-12-25-24(17-22)28-29-31(25)19-21-9-5-2-6-10-21/h1-12,17,23H,13-16,18-19H2,(H,27,32). The van der Waals surface area contributed by atoms with Gasteiger partial charge in [-0.05, 0) is 42.2 Å². The van der Waals surface area contributed by atoms with Crippen LogP contribution in [0.4, 0.5) is 0 Å². The second-order valence-electron chi connectivity index (χ2n) is 8.45. The molecule has 1 aliphatic rings. The Morgan fingerprint density at radius 2 is 1.53 bits per heavy atom. The van der Waals surface area contributed by atoms with Crippen molar-refractivity contribution in [3.8, 4) is 0 Å². The van der Waals surface area contributed by atoms with Crippen LogP contribution >= 0.6 is 0 Å². The number of hydrogen-bond acceptors (Lipinski definition) is 4. The minimum Gasteiger partial charge on any atom is -0.349 e. The normalized spacial score (nSPS) is 15.1. The Morgan fingerprint density at radius 3 is 2.22 bits per heavy atom. The minimum atomic E-state index is -0.0361. The van der Waals surface area contributed by atoms with Gasteiger partial charge in [0.25, 0.3) is 5.91 Å². The van der Waals surface area contributed by atoms with Crippen LogP contribution in [0.1, 0.15) is 34.3 Å². The molecule has 0 spiro atoms. The molecule has 0 aliphatic carbocycles. The van der Waals surface area contributed by atoms with E-state index in [2.05, 4.69) is 56.9 Å². The van der Waals surface area contributed by atoms with E-state index in [-0.39, 0.29) is 11.9 Å². The Hall–Kier alpha value is -3.51. The van der Waals surface area contributed by atoms with Crippen molar-refractivity contribution < 1.29 is 4.79 Å². The van der Waals surface area contributed by atoms with Crippen LogP contribution in [0, 0.1) is 0 Å². The number of benzene rings is 3. The lowest BCUT2D eigenvalue weighted by atomic mass is 10.0. The maximum Gasteiger partial charge on any atom is 0.251 e. The number of hydrogen-bond donors (Lipinski definition) is 1. The highest BCUT2D eigenvalue weighted by atomic mass is 16.1. The lowest BCUT2D eigenvalue weighted by Crippen LogP contribution is -2.44. The monoisotopic (exact) mass is 425 g/mol. The van der Waals surface area contributed by atoms with E-state index < -0.39 is 0 Å². The fraction of sp³-hybridized carbons (Fsp3) is 0.269. The molecule has 4 aromatic rings. The van der Waals surface area contributed by atoms with Gasteiger partial charge in [-0.25, -0.2) is 4.68 Å². The average Bonchev–Trinajstić information content (AvgIpc) is 3.23. The summed E-state index contributed by atoms with van der Waals surface area (Å²) in [5.74, 6) is -0.0361. The van der Waals surface area contributed by atoms with Crippen LogP contribution in [0.15, 0.2) is 78.9 Å². The van der Waals surface area contributed by atoms with Gasteiger partial charge in [0, 0.05) is 31.2 Å². The summed E-state index contributed by atoms with van der Waals surface area (Å²) in [4.78, 5) is 15.3. The Kier molecular flexibility index (Phi) is 5.94. The third-order valence-electron chi connectivity index (χ3n) is 6.12. The van der Waals surface area contributed by atoms with Crippen molar-refractivity contribution in [1.82, 2.24) is 25.2 Å². The van der Waals surface area contributed by atoms with Crippen LogP contribution in [0.2, 0.25) is 0 Å². The van der Waals surface area contributed by atoms with Crippen molar-refractivity contribution >= 4 is 16.9 Å². The first-order valence-electron chi connectivity index (χ1n) is 11.2. The molecule has 0 bridgehead atoms. The van der Waals surface area contributed by atoms with E-state index in [1.807, 2.05) is 47.1 Å². The molecule has 162 valence electrons. The van der Waals surface area contributed by atoms with Crippen molar-refractivity contribution in [2.24, 2.45) is 0 Å². The van der Waals surface area contributed by atoms with Gasteiger partial charge in [0.15, 0.2) is 0 Å². The van der Waals surface area contributed by atoms with Crippen molar-refractivity contribution in [2.75, 3.05) is 13.1 Å². The zero-order chi connectivity index (χ0) is 21.8. The molecular weight excluding hydrogens is 398 g/mol. The Balaban J connectivity index is 1.18. The van der Waals surface area contributed by atoms with Crippen molar-refractivity contribution in [2.45, 2.75) is 32.0 Å². The highest BCUT2D eigenvalue weighted by Crippen LogP contribution is 2.17. The van der Waals surface area contributed by atoms with Crippen LogP contribution < -0.4 is 5.32 Å². The molecule has 3 aromatic carbocycles. The van der Waals surface area contributed by atoms with E-state index in [0.717, 1.165) is 43.5 Å². The van der Waals surface area contributed by atoms with Crippen LogP contribution in [0.3, 0.4) is 0 Å². The van der Waals surface area contributed by atoms with E-state index in [1.54, 1.807) is 0 Å². The van der Waals surface area contributed by atoms with E-state index in [9.17, 15) is 4.79 Å². The zero-order valence-corrected chi connectivity index (χ0v) is 18.0. The number of rotatable bonds is 6. The molecule has 2 heterocycles. The zero-order valence-electron chi connectivity index (χ0n) is 18.0. The second kappa shape index (κ2) is 9.32. The molecule has 1 N–H and O–H groups in total. The Morgan fingerprint density at radius 1 is 0.875 bits per heavy atom. The largest absolute Gasteiger partial charge is 0.349 e. The smallest absolute Gasteiger partial charge is 0.251 e. The van der Waals surface area contributed by atoms with Crippen LogP contribution in [0.25, 0.3) is 11.0 Å². The highest BCUT2D eigenvalue weighted by Gasteiger charge is 2.21. The highest BCUT2D eigenvalue weighted by molar-refractivity contribution is 5.97. The third kappa shape index (κ3) is 4.70. The molecular formula is C26H27N5O. The number of carbonyl (C=O) groups is 1. The lowest BCUT2D eigenvalue weighted by Gasteiger charge is -2.32. The molecule has 0 radical (unpaired) electrons. The summed E-state index contributed by atoms with van der Waals surface area (Å²) in [6.07, 6.45) is 1.93. The van der Waals surface area contributed by atoms with E-state index >= 15 is 0 Å². The maximum atomic E-state index is 12.8. The van der Waals surface area contributed by atoms with Gasteiger partial charge in [0.1, 0.15) is 5.52 Å².